The van der Waals surface area contributed by atoms with Gasteiger partial charge < -0.3 is 10.0 Å². The second-order valence-electron chi connectivity index (χ2n) is 11.9. The van der Waals surface area contributed by atoms with Crippen LogP contribution in [-0.2, 0) is 7.05 Å². The van der Waals surface area contributed by atoms with Crippen LogP contribution in [0.5, 0.6) is 0 Å². The summed E-state index contributed by atoms with van der Waals surface area (Å²) >= 11 is 0. The predicted molar refractivity (Wildman–Crippen MR) is 147 cm³/mol. The zero-order valence-electron chi connectivity index (χ0n) is 22.7. The number of hydrogen-bond donors (Lipinski definition) is 1. The third-order valence-electron chi connectivity index (χ3n) is 8.40. The Labute approximate surface area is 227 Å². The van der Waals surface area contributed by atoms with Gasteiger partial charge in [-0.05, 0) is 42.9 Å². The molecule has 2 atom stereocenters. The standard InChI is InChI=1S/C29H32N8O2/c1-28(2,3)24-7-8-29(37(24)27(38)39)9-10-35(18-29)25-6-5-19(13-31-25)23-11-20(22-15-32-34(4)16-22)17-36-26(23)21(12-30)14-33-36/h5-6,11,13-17,24H,7-10,18H2,1-4H3,(H,38,39). The summed E-state index contributed by atoms with van der Waals surface area (Å²) in [7, 11) is 1.88. The highest BCUT2D eigenvalue weighted by Gasteiger charge is 2.55. The lowest BCUT2D eigenvalue weighted by Crippen LogP contribution is -2.54. The second-order valence-corrected chi connectivity index (χ2v) is 11.9. The Bertz CT molecular complexity index is 1610. The van der Waals surface area contributed by atoms with Gasteiger partial charge in [0.25, 0.3) is 0 Å². The number of anilines is 1. The molecule has 1 N–H and O–H groups in total. The van der Waals surface area contributed by atoms with Gasteiger partial charge in [-0.15, -0.1) is 0 Å². The molecule has 2 fully saturated rings. The van der Waals surface area contributed by atoms with E-state index in [1.54, 1.807) is 26.5 Å². The van der Waals surface area contributed by atoms with E-state index in [0.29, 0.717) is 12.1 Å². The Balaban J connectivity index is 1.32. The van der Waals surface area contributed by atoms with Gasteiger partial charge in [-0.2, -0.15) is 15.5 Å². The van der Waals surface area contributed by atoms with Crippen molar-refractivity contribution in [2.45, 2.75) is 51.6 Å². The normalized spacial score (nSPS) is 21.3. The fourth-order valence-corrected chi connectivity index (χ4v) is 6.48. The molecule has 10 nitrogen and oxygen atoms in total. The van der Waals surface area contributed by atoms with E-state index in [2.05, 4.69) is 41.9 Å². The molecule has 10 heteroatoms. The number of hydrogen-bond acceptors (Lipinski definition) is 6. The molecule has 1 spiro atoms. The van der Waals surface area contributed by atoms with Gasteiger partial charge in [0.15, 0.2) is 0 Å². The van der Waals surface area contributed by atoms with E-state index in [1.165, 1.54) is 0 Å². The molecule has 39 heavy (non-hydrogen) atoms. The summed E-state index contributed by atoms with van der Waals surface area (Å²) in [6.45, 7) is 7.77. The minimum absolute atomic E-state index is 0.00442. The fourth-order valence-electron chi connectivity index (χ4n) is 6.48. The molecule has 6 rings (SSSR count). The lowest BCUT2D eigenvalue weighted by Gasteiger charge is -2.41. The minimum Gasteiger partial charge on any atom is -0.465 e. The van der Waals surface area contributed by atoms with Gasteiger partial charge in [-0.3, -0.25) is 9.58 Å². The SMILES string of the molecule is Cn1cc(-c2cc(-c3ccc(N4CCC5(CCC(C(C)(C)C)N5C(=O)O)C4)nc3)c3c(C#N)cnn3c2)cn1. The molecule has 200 valence electrons. The van der Waals surface area contributed by atoms with E-state index in [4.69, 9.17) is 4.98 Å². The number of nitrogens with zero attached hydrogens (tertiary/aromatic N) is 8. The molecule has 2 aliphatic heterocycles. The van der Waals surface area contributed by atoms with Crippen LogP contribution in [0.2, 0.25) is 0 Å². The van der Waals surface area contributed by atoms with Crippen molar-refractivity contribution in [3.05, 3.63) is 54.7 Å². The van der Waals surface area contributed by atoms with Gasteiger partial charge in [0.1, 0.15) is 11.9 Å². The Morgan fingerprint density at radius 1 is 1.10 bits per heavy atom. The first-order valence-electron chi connectivity index (χ1n) is 13.2. The lowest BCUT2D eigenvalue weighted by atomic mass is 9.85. The van der Waals surface area contributed by atoms with Gasteiger partial charge in [-0.25, -0.2) is 14.3 Å². The van der Waals surface area contributed by atoms with E-state index in [9.17, 15) is 15.2 Å². The molecule has 2 aliphatic rings. The van der Waals surface area contributed by atoms with Crippen LogP contribution in [0.3, 0.4) is 0 Å². The third-order valence-corrected chi connectivity index (χ3v) is 8.40. The van der Waals surface area contributed by atoms with Crippen LogP contribution in [0.4, 0.5) is 10.6 Å². The number of carbonyl (C=O) groups is 1. The number of nitriles is 1. The number of rotatable bonds is 3. The van der Waals surface area contributed by atoms with Crippen LogP contribution in [0.1, 0.15) is 45.6 Å². The van der Waals surface area contributed by atoms with Gasteiger partial charge in [0.05, 0.1) is 29.0 Å². The maximum Gasteiger partial charge on any atom is 0.408 e. The number of fused-ring (bicyclic) bond motifs is 1. The molecule has 0 bridgehead atoms. The first-order valence-corrected chi connectivity index (χ1v) is 13.2. The predicted octanol–water partition coefficient (Wildman–Crippen LogP) is 4.81. The highest BCUT2D eigenvalue weighted by molar-refractivity contribution is 5.87. The summed E-state index contributed by atoms with van der Waals surface area (Å²) in [5.41, 5.74) is 4.37. The second kappa shape index (κ2) is 8.83. The largest absolute Gasteiger partial charge is 0.465 e. The van der Waals surface area contributed by atoms with E-state index in [1.807, 2.05) is 43.8 Å². The van der Waals surface area contributed by atoms with Gasteiger partial charge in [-0.1, -0.05) is 20.8 Å². The van der Waals surface area contributed by atoms with E-state index < -0.39 is 6.09 Å². The van der Waals surface area contributed by atoms with Crippen LogP contribution in [0.25, 0.3) is 27.8 Å². The Hall–Kier alpha value is -4.39. The van der Waals surface area contributed by atoms with Gasteiger partial charge >= 0.3 is 6.09 Å². The average Bonchev–Trinajstić information content (AvgIpc) is 3.69. The molecule has 1 amide bonds. The first kappa shape index (κ1) is 24.9. The summed E-state index contributed by atoms with van der Waals surface area (Å²) in [4.78, 5) is 21.1. The van der Waals surface area contributed by atoms with Crippen LogP contribution in [-0.4, -0.2) is 65.1 Å². The first-order chi connectivity index (χ1) is 18.6. The number of pyridine rings is 2. The van der Waals surface area contributed by atoms with Crippen molar-refractivity contribution >= 4 is 17.4 Å². The molecule has 0 aliphatic carbocycles. The molecule has 0 radical (unpaired) electrons. The van der Waals surface area contributed by atoms with Crippen LogP contribution in [0, 0.1) is 16.7 Å². The highest BCUT2D eigenvalue weighted by atomic mass is 16.4. The van der Waals surface area contributed by atoms with Crippen molar-refractivity contribution in [1.82, 2.24) is 29.3 Å². The number of aromatic nitrogens is 5. The molecular formula is C29H32N8O2. The Morgan fingerprint density at radius 3 is 2.56 bits per heavy atom. The van der Waals surface area contributed by atoms with Crippen molar-refractivity contribution in [1.29, 1.82) is 5.26 Å². The van der Waals surface area contributed by atoms with E-state index in [-0.39, 0.29) is 17.0 Å². The number of carboxylic acid groups (broad SMARTS) is 1. The molecule has 2 unspecified atom stereocenters. The number of amides is 1. The van der Waals surface area contributed by atoms with Crippen molar-refractivity contribution < 1.29 is 9.90 Å². The summed E-state index contributed by atoms with van der Waals surface area (Å²) in [6, 6.07) is 8.32. The molecule has 4 aromatic heterocycles. The van der Waals surface area contributed by atoms with Crippen LogP contribution >= 0.6 is 0 Å². The van der Waals surface area contributed by atoms with Gasteiger partial charge in [0.2, 0.25) is 0 Å². The van der Waals surface area contributed by atoms with E-state index in [0.717, 1.165) is 59.4 Å². The maximum absolute atomic E-state index is 12.4. The third kappa shape index (κ3) is 4.09. The fraction of sp³-hybridized carbons (Fsp3) is 0.414. The molecule has 4 aromatic rings. The summed E-state index contributed by atoms with van der Waals surface area (Å²) < 4.78 is 3.49. The molecule has 0 saturated carbocycles. The van der Waals surface area contributed by atoms with Crippen molar-refractivity contribution in [2.75, 3.05) is 18.0 Å². The summed E-state index contributed by atoms with van der Waals surface area (Å²) in [5.74, 6) is 0.827. The molecular weight excluding hydrogens is 492 g/mol. The summed E-state index contributed by atoms with van der Waals surface area (Å²) in [5, 5.41) is 28.6. The van der Waals surface area contributed by atoms with Crippen molar-refractivity contribution in [3.63, 3.8) is 0 Å². The smallest absolute Gasteiger partial charge is 0.408 e. The maximum atomic E-state index is 12.4. The van der Waals surface area contributed by atoms with Crippen LogP contribution in [0.15, 0.2) is 49.2 Å². The summed E-state index contributed by atoms with van der Waals surface area (Å²) in [6.07, 6.45) is 10.8. The Morgan fingerprint density at radius 2 is 1.92 bits per heavy atom. The average molecular weight is 525 g/mol. The zero-order chi connectivity index (χ0) is 27.5. The molecule has 0 aromatic carbocycles. The zero-order valence-corrected chi connectivity index (χ0v) is 22.7. The topological polar surface area (TPSA) is 116 Å². The Kier molecular flexibility index (Phi) is 5.64. The quantitative estimate of drug-likeness (QED) is 0.409. The van der Waals surface area contributed by atoms with E-state index >= 15 is 0 Å². The highest BCUT2D eigenvalue weighted by Crippen LogP contribution is 2.47. The van der Waals surface area contributed by atoms with Gasteiger partial charge in [0, 0.05) is 67.0 Å². The minimum atomic E-state index is -0.829. The molecule has 6 heterocycles. The van der Waals surface area contributed by atoms with Crippen LogP contribution < -0.4 is 4.90 Å². The lowest BCUT2D eigenvalue weighted by molar-refractivity contribution is 0.0563. The van der Waals surface area contributed by atoms with Crippen molar-refractivity contribution in [2.24, 2.45) is 12.5 Å². The van der Waals surface area contributed by atoms with Crippen molar-refractivity contribution in [3.8, 4) is 28.3 Å². The number of aryl methyl sites for hydroxylation is 1. The monoisotopic (exact) mass is 524 g/mol. The molecule has 2 saturated heterocycles. The number of likely N-dealkylation sites (tertiary alicyclic amines) is 1.